The van der Waals surface area contributed by atoms with Crippen molar-refractivity contribution in [1.82, 2.24) is 4.90 Å². The number of hydrogen-bond acceptors (Lipinski definition) is 5. The summed E-state index contributed by atoms with van der Waals surface area (Å²) in [4.78, 5) is 2.17. The van der Waals surface area contributed by atoms with Gasteiger partial charge in [-0.1, -0.05) is 12.1 Å². The van der Waals surface area contributed by atoms with E-state index in [0.29, 0.717) is 25.3 Å². The smallest absolute Gasteiger partial charge is 0.151 e. The first-order valence-electron chi connectivity index (χ1n) is 6.81. The number of sulfone groups is 1. The van der Waals surface area contributed by atoms with Gasteiger partial charge in [0.15, 0.2) is 9.84 Å². The van der Waals surface area contributed by atoms with Crippen LogP contribution < -0.4 is 10.5 Å². The number of nitrogens with two attached hydrogens (primary N) is 1. The summed E-state index contributed by atoms with van der Waals surface area (Å²) >= 11 is 0. The van der Waals surface area contributed by atoms with E-state index < -0.39 is 9.84 Å². The lowest BCUT2D eigenvalue weighted by atomic mass is 10.1. The second kappa shape index (κ2) is 7.98. The molecule has 0 aromatic heterocycles. The molecule has 5 nitrogen and oxygen atoms in total. The summed E-state index contributed by atoms with van der Waals surface area (Å²) in [5.74, 6) is 1.37. The van der Waals surface area contributed by atoms with Gasteiger partial charge in [-0.15, -0.1) is 12.4 Å². The highest BCUT2D eigenvalue weighted by atomic mass is 35.5. The van der Waals surface area contributed by atoms with Crippen LogP contribution in [0.4, 0.5) is 0 Å². The minimum absolute atomic E-state index is 0. The number of nitrogens with zero attached hydrogens (tertiary/aromatic N) is 1. The van der Waals surface area contributed by atoms with Crippen LogP contribution in [0.15, 0.2) is 24.3 Å². The molecule has 1 saturated heterocycles. The van der Waals surface area contributed by atoms with E-state index >= 15 is 0 Å². The number of hydrogen-bond donors (Lipinski definition) is 1. The number of ether oxygens (including phenoxy) is 1. The highest BCUT2D eigenvalue weighted by Gasteiger charge is 2.31. The molecule has 1 aromatic carbocycles. The van der Waals surface area contributed by atoms with Crippen LogP contribution in [0, 0.1) is 0 Å². The van der Waals surface area contributed by atoms with Gasteiger partial charge in [-0.3, -0.25) is 4.90 Å². The molecule has 7 heteroatoms. The quantitative estimate of drug-likeness (QED) is 0.842. The van der Waals surface area contributed by atoms with Crippen LogP contribution in [0.3, 0.4) is 0 Å². The Bertz CT molecular complexity index is 534. The predicted molar refractivity (Wildman–Crippen MR) is 86.8 cm³/mol. The molecule has 0 radical (unpaired) electrons. The average Bonchev–Trinajstić information content (AvgIpc) is 2.79. The van der Waals surface area contributed by atoms with Crippen molar-refractivity contribution in [3.05, 3.63) is 29.8 Å². The van der Waals surface area contributed by atoms with Gasteiger partial charge < -0.3 is 10.5 Å². The third-order valence-corrected chi connectivity index (χ3v) is 5.44. The molecule has 1 aliphatic rings. The van der Waals surface area contributed by atoms with Crippen molar-refractivity contribution in [2.75, 3.05) is 31.7 Å². The predicted octanol–water partition coefficient (Wildman–Crippen LogP) is 1.06. The largest absolute Gasteiger partial charge is 0.497 e. The van der Waals surface area contributed by atoms with E-state index in [1.165, 1.54) is 0 Å². The van der Waals surface area contributed by atoms with Gasteiger partial charge in [0.05, 0.1) is 18.6 Å². The van der Waals surface area contributed by atoms with Crippen LogP contribution in [-0.2, 0) is 16.4 Å². The van der Waals surface area contributed by atoms with Crippen molar-refractivity contribution >= 4 is 22.2 Å². The van der Waals surface area contributed by atoms with Gasteiger partial charge in [0.25, 0.3) is 0 Å². The molecule has 2 rings (SSSR count). The molecule has 1 aromatic rings. The van der Waals surface area contributed by atoms with Gasteiger partial charge in [-0.25, -0.2) is 8.42 Å². The fourth-order valence-electron chi connectivity index (χ4n) is 2.59. The summed E-state index contributed by atoms with van der Waals surface area (Å²) in [6.45, 7) is 1.97. The van der Waals surface area contributed by atoms with Crippen molar-refractivity contribution in [3.63, 3.8) is 0 Å². The van der Waals surface area contributed by atoms with E-state index in [4.69, 9.17) is 10.5 Å². The summed E-state index contributed by atoms with van der Waals surface area (Å²) in [5.41, 5.74) is 6.79. The molecule has 0 spiro atoms. The zero-order valence-corrected chi connectivity index (χ0v) is 13.8. The summed E-state index contributed by atoms with van der Waals surface area (Å²) in [6, 6.07) is 7.94. The molecular weight excluding hydrogens is 312 g/mol. The van der Waals surface area contributed by atoms with Gasteiger partial charge in [0, 0.05) is 25.7 Å². The van der Waals surface area contributed by atoms with Crippen molar-refractivity contribution in [1.29, 1.82) is 0 Å². The third-order valence-electron chi connectivity index (χ3n) is 3.69. The van der Waals surface area contributed by atoms with Crippen LogP contribution in [0.2, 0.25) is 0 Å². The molecule has 1 atom stereocenters. The van der Waals surface area contributed by atoms with Crippen LogP contribution in [0.25, 0.3) is 0 Å². The summed E-state index contributed by atoms with van der Waals surface area (Å²) in [5, 5.41) is 0. The molecule has 0 saturated carbocycles. The second-order valence-electron chi connectivity index (χ2n) is 5.16. The lowest BCUT2D eigenvalue weighted by Crippen LogP contribution is -2.39. The fraction of sp³-hybridized carbons (Fsp3) is 0.571. The number of benzene rings is 1. The van der Waals surface area contributed by atoms with Crippen LogP contribution >= 0.6 is 12.4 Å². The first kappa shape index (κ1) is 18.2. The van der Waals surface area contributed by atoms with Crippen molar-refractivity contribution in [2.45, 2.75) is 19.0 Å². The normalized spacial score (nSPS) is 20.2. The maximum Gasteiger partial charge on any atom is 0.151 e. The van der Waals surface area contributed by atoms with Crippen LogP contribution in [-0.4, -0.2) is 51.1 Å². The Morgan fingerprint density at radius 1 is 1.33 bits per heavy atom. The summed E-state index contributed by atoms with van der Waals surface area (Å²) in [7, 11) is -1.23. The monoisotopic (exact) mass is 334 g/mol. The molecule has 1 aliphatic heterocycles. The van der Waals surface area contributed by atoms with E-state index in [1.807, 2.05) is 24.3 Å². The first-order valence-corrected chi connectivity index (χ1v) is 8.63. The zero-order chi connectivity index (χ0) is 14.6. The Balaban J connectivity index is 0.00000220. The molecule has 0 aliphatic carbocycles. The van der Waals surface area contributed by atoms with Crippen molar-refractivity contribution < 1.29 is 13.2 Å². The minimum atomic E-state index is -2.86. The fourth-order valence-corrected chi connectivity index (χ4v) is 4.35. The van der Waals surface area contributed by atoms with E-state index in [1.54, 1.807) is 7.11 Å². The second-order valence-corrected chi connectivity index (χ2v) is 7.39. The molecule has 1 fully saturated rings. The highest BCUT2D eigenvalue weighted by Crippen LogP contribution is 2.20. The molecule has 21 heavy (non-hydrogen) atoms. The van der Waals surface area contributed by atoms with Crippen molar-refractivity contribution in [2.24, 2.45) is 5.73 Å². The topological polar surface area (TPSA) is 72.6 Å². The van der Waals surface area contributed by atoms with Gasteiger partial charge in [0.2, 0.25) is 0 Å². The van der Waals surface area contributed by atoms with Crippen LogP contribution in [0.5, 0.6) is 5.75 Å². The third kappa shape index (κ3) is 5.14. The van der Waals surface area contributed by atoms with Crippen molar-refractivity contribution in [3.8, 4) is 5.75 Å². The Labute approximate surface area is 132 Å². The van der Waals surface area contributed by atoms with E-state index in [0.717, 1.165) is 17.9 Å². The number of halogens is 1. The average molecular weight is 335 g/mol. The maximum atomic E-state index is 11.6. The maximum absolute atomic E-state index is 11.6. The lowest BCUT2D eigenvalue weighted by Gasteiger charge is -2.27. The molecular formula is C14H23ClN2O3S. The SMILES string of the molecule is COc1ccc(CN(CCN)C2CCS(=O)(=O)C2)cc1.Cl. The molecule has 0 bridgehead atoms. The number of methoxy groups -OCH3 is 1. The standard InChI is InChI=1S/C14H22N2O3S.ClH/c1-19-14-4-2-12(3-5-14)10-16(8-7-15)13-6-9-20(17,18)11-13;/h2-5,13H,6-11,15H2,1H3;1H. The lowest BCUT2D eigenvalue weighted by molar-refractivity contribution is 0.209. The molecule has 2 N–H and O–H groups in total. The van der Waals surface area contributed by atoms with Gasteiger partial charge in [-0.2, -0.15) is 0 Å². The Morgan fingerprint density at radius 3 is 2.48 bits per heavy atom. The molecule has 0 amide bonds. The van der Waals surface area contributed by atoms with E-state index in [9.17, 15) is 8.42 Å². The summed E-state index contributed by atoms with van der Waals surface area (Å²) < 4.78 is 28.4. The number of rotatable bonds is 6. The Hall–Kier alpha value is -0.820. The Morgan fingerprint density at radius 2 is 2.00 bits per heavy atom. The molecule has 1 unspecified atom stereocenters. The first-order chi connectivity index (χ1) is 9.54. The highest BCUT2D eigenvalue weighted by molar-refractivity contribution is 7.91. The van der Waals surface area contributed by atoms with Gasteiger partial charge in [-0.05, 0) is 24.1 Å². The van der Waals surface area contributed by atoms with Gasteiger partial charge >= 0.3 is 0 Å². The van der Waals surface area contributed by atoms with E-state index in [2.05, 4.69) is 4.90 Å². The van der Waals surface area contributed by atoms with Crippen LogP contribution in [0.1, 0.15) is 12.0 Å². The van der Waals surface area contributed by atoms with Gasteiger partial charge in [0.1, 0.15) is 5.75 Å². The minimum Gasteiger partial charge on any atom is -0.497 e. The Kier molecular flexibility index (Phi) is 6.93. The molecule has 120 valence electrons. The molecule has 1 heterocycles. The zero-order valence-electron chi connectivity index (χ0n) is 12.2. The van der Waals surface area contributed by atoms with E-state index in [-0.39, 0.29) is 24.2 Å². The summed E-state index contributed by atoms with van der Waals surface area (Å²) in [6.07, 6.45) is 0.707.